The number of para-hydroxylation sites is 1. The van der Waals surface area contributed by atoms with Gasteiger partial charge in [0.1, 0.15) is 5.75 Å². The summed E-state index contributed by atoms with van der Waals surface area (Å²) in [6.45, 7) is 4.00. The number of fused-ring (bicyclic) bond motifs is 2. The molecule has 0 amide bonds. The highest BCUT2D eigenvalue weighted by molar-refractivity contribution is 7.99. The molecule has 4 nitrogen and oxygen atoms in total. The highest BCUT2D eigenvalue weighted by atomic mass is 32.2. The summed E-state index contributed by atoms with van der Waals surface area (Å²) >= 11 is 1.83. The summed E-state index contributed by atoms with van der Waals surface area (Å²) in [4.78, 5) is 7.55. The highest BCUT2D eigenvalue weighted by Gasteiger charge is 2.28. The van der Waals surface area contributed by atoms with Crippen LogP contribution in [0.15, 0.2) is 82.6 Å². The van der Waals surface area contributed by atoms with Crippen molar-refractivity contribution >= 4 is 23.1 Å². The molecule has 1 atom stereocenters. The smallest absolute Gasteiger partial charge is 0.121 e. The van der Waals surface area contributed by atoms with Crippen LogP contribution in [-0.4, -0.2) is 43.3 Å². The molecule has 2 aliphatic rings. The average molecular weight is 447 g/mol. The Bertz CT molecular complexity index is 1050. The van der Waals surface area contributed by atoms with Gasteiger partial charge in [-0.25, -0.2) is 0 Å². The van der Waals surface area contributed by atoms with E-state index in [-0.39, 0.29) is 6.10 Å². The van der Waals surface area contributed by atoms with Crippen molar-refractivity contribution in [2.75, 3.05) is 38.2 Å². The fourth-order valence-corrected chi connectivity index (χ4v) is 5.91. The van der Waals surface area contributed by atoms with E-state index in [9.17, 15) is 5.11 Å². The van der Waals surface area contributed by atoms with Crippen LogP contribution in [0, 0.1) is 5.92 Å². The van der Waals surface area contributed by atoms with Gasteiger partial charge in [-0.05, 0) is 61.7 Å². The lowest BCUT2D eigenvalue weighted by atomic mass is 9.87. The Kier molecular flexibility index (Phi) is 6.39. The van der Waals surface area contributed by atoms with E-state index in [1.54, 1.807) is 7.11 Å². The lowest BCUT2D eigenvalue weighted by Gasteiger charge is -2.37. The van der Waals surface area contributed by atoms with Crippen LogP contribution >= 0.6 is 11.8 Å². The number of piperidine rings is 1. The SMILES string of the molecule is COc1ccc2c(c1)N(CCN1CCC(C(O)c3ccccc3)CC1)c1ccccc1S2. The van der Waals surface area contributed by atoms with Gasteiger partial charge in [0.15, 0.2) is 0 Å². The summed E-state index contributed by atoms with van der Waals surface area (Å²) in [7, 11) is 1.73. The van der Waals surface area contributed by atoms with E-state index in [2.05, 4.69) is 46.2 Å². The molecule has 0 spiro atoms. The van der Waals surface area contributed by atoms with Gasteiger partial charge in [-0.3, -0.25) is 0 Å². The second-order valence-corrected chi connectivity index (χ2v) is 9.67. The number of hydrogen-bond acceptors (Lipinski definition) is 5. The third-order valence-corrected chi connectivity index (χ3v) is 7.82. The molecule has 1 fully saturated rings. The molecule has 1 unspecified atom stereocenters. The quantitative estimate of drug-likeness (QED) is 0.522. The molecule has 3 aromatic carbocycles. The van der Waals surface area contributed by atoms with Crippen molar-refractivity contribution in [2.24, 2.45) is 5.92 Å². The Labute approximate surface area is 194 Å². The van der Waals surface area contributed by atoms with Gasteiger partial charge in [0.2, 0.25) is 0 Å². The second kappa shape index (κ2) is 9.57. The predicted molar refractivity (Wildman–Crippen MR) is 131 cm³/mol. The molecule has 2 heterocycles. The fraction of sp³-hybridized carbons (Fsp3) is 0.333. The molecule has 32 heavy (non-hydrogen) atoms. The van der Waals surface area contributed by atoms with Crippen LogP contribution in [0.4, 0.5) is 11.4 Å². The van der Waals surface area contributed by atoms with Crippen molar-refractivity contribution in [2.45, 2.75) is 28.7 Å². The first-order valence-electron chi connectivity index (χ1n) is 11.4. The maximum absolute atomic E-state index is 10.8. The fourth-order valence-electron chi connectivity index (χ4n) is 4.83. The van der Waals surface area contributed by atoms with Crippen molar-refractivity contribution in [3.05, 3.63) is 78.4 Å². The third-order valence-electron chi connectivity index (χ3n) is 6.69. The molecular weight excluding hydrogens is 416 g/mol. The van der Waals surface area contributed by atoms with Gasteiger partial charge in [-0.1, -0.05) is 54.2 Å². The molecule has 0 bridgehead atoms. The highest BCUT2D eigenvalue weighted by Crippen LogP contribution is 2.49. The van der Waals surface area contributed by atoms with Crippen LogP contribution in [0.25, 0.3) is 0 Å². The minimum atomic E-state index is -0.358. The number of anilines is 2. The van der Waals surface area contributed by atoms with E-state index in [0.29, 0.717) is 5.92 Å². The summed E-state index contributed by atoms with van der Waals surface area (Å²) in [5.74, 6) is 1.23. The van der Waals surface area contributed by atoms with E-state index in [4.69, 9.17) is 4.74 Å². The molecule has 3 aromatic rings. The first-order chi connectivity index (χ1) is 15.7. The van der Waals surface area contributed by atoms with E-state index < -0.39 is 0 Å². The Morgan fingerprint density at radius 2 is 1.62 bits per heavy atom. The summed E-state index contributed by atoms with van der Waals surface area (Å²) in [5, 5.41) is 10.8. The summed E-state index contributed by atoms with van der Waals surface area (Å²) in [6, 6.07) is 25.1. The zero-order valence-corrected chi connectivity index (χ0v) is 19.3. The van der Waals surface area contributed by atoms with Gasteiger partial charge in [-0.15, -0.1) is 0 Å². The van der Waals surface area contributed by atoms with Gasteiger partial charge in [0.05, 0.1) is 24.6 Å². The van der Waals surface area contributed by atoms with Crippen molar-refractivity contribution < 1.29 is 9.84 Å². The predicted octanol–water partition coefficient (Wildman–Crippen LogP) is 5.74. The Morgan fingerprint density at radius 3 is 2.41 bits per heavy atom. The van der Waals surface area contributed by atoms with E-state index in [0.717, 1.165) is 50.3 Å². The zero-order valence-electron chi connectivity index (χ0n) is 18.5. The topological polar surface area (TPSA) is 35.9 Å². The molecule has 5 heteroatoms. The molecule has 0 aliphatic carbocycles. The van der Waals surface area contributed by atoms with Crippen LogP contribution in [0.3, 0.4) is 0 Å². The molecule has 0 aromatic heterocycles. The normalized spacial score (nSPS) is 17.5. The molecule has 0 radical (unpaired) electrons. The van der Waals surface area contributed by atoms with Crippen molar-refractivity contribution in [3.63, 3.8) is 0 Å². The van der Waals surface area contributed by atoms with E-state index >= 15 is 0 Å². The summed E-state index contributed by atoms with van der Waals surface area (Å²) in [5.41, 5.74) is 3.54. The number of nitrogens with zero attached hydrogens (tertiary/aromatic N) is 2. The number of aliphatic hydroxyl groups is 1. The Balaban J connectivity index is 1.26. The number of benzene rings is 3. The van der Waals surface area contributed by atoms with E-state index in [1.807, 2.05) is 48.2 Å². The molecular formula is C27H30N2O2S. The third kappa shape index (κ3) is 4.38. The van der Waals surface area contributed by atoms with Crippen molar-refractivity contribution in [3.8, 4) is 5.75 Å². The molecule has 0 saturated carbocycles. The number of aliphatic hydroxyl groups excluding tert-OH is 1. The first-order valence-corrected chi connectivity index (χ1v) is 12.2. The molecule has 1 saturated heterocycles. The van der Waals surface area contributed by atoms with Crippen molar-refractivity contribution in [1.29, 1.82) is 0 Å². The van der Waals surface area contributed by atoms with Gasteiger partial charge >= 0.3 is 0 Å². The lowest BCUT2D eigenvalue weighted by Crippen LogP contribution is -2.40. The maximum Gasteiger partial charge on any atom is 0.121 e. The summed E-state index contributed by atoms with van der Waals surface area (Å²) in [6.07, 6.45) is 1.71. The van der Waals surface area contributed by atoms with Gasteiger partial charge in [-0.2, -0.15) is 0 Å². The lowest BCUT2D eigenvalue weighted by molar-refractivity contribution is 0.0598. The molecule has 166 valence electrons. The average Bonchev–Trinajstić information content (AvgIpc) is 2.86. The van der Waals surface area contributed by atoms with Gasteiger partial charge in [0, 0.05) is 28.9 Å². The minimum Gasteiger partial charge on any atom is -0.497 e. The number of ether oxygens (including phenoxy) is 1. The van der Waals surface area contributed by atoms with Crippen LogP contribution in [0.5, 0.6) is 5.75 Å². The summed E-state index contributed by atoms with van der Waals surface area (Å²) < 4.78 is 5.51. The number of likely N-dealkylation sites (tertiary alicyclic amines) is 1. The monoisotopic (exact) mass is 446 g/mol. The molecule has 1 N–H and O–H groups in total. The van der Waals surface area contributed by atoms with Crippen molar-refractivity contribution in [1.82, 2.24) is 4.90 Å². The van der Waals surface area contributed by atoms with Crippen LogP contribution < -0.4 is 9.64 Å². The Morgan fingerprint density at radius 1 is 0.906 bits per heavy atom. The van der Waals surface area contributed by atoms with Crippen LogP contribution in [0.2, 0.25) is 0 Å². The molecule has 5 rings (SSSR count). The van der Waals surface area contributed by atoms with Crippen LogP contribution in [-0.2, 0) is 0 Å². The van der Waals surface area contributed by atoms with Gasteiger partial charge in [0.25, 0.3) is 0 Å². The standard InChI is InChI=1S/C27H30N2O2S/c1-31-22-11-12-26-24(19-22)29(23-9-5-6-10-25(23)32-26)18-17-28-15-13-21(14-16-28)27(30)20-7-3-2-4-8-20/h2-12,19,21,27,30H,13-18H2,1H3. The van der Waals surface area contributed by atoms with Gasteiger partial charge < -0.3 is 19.6 Å². The van der Waals surface area contributed by atoms with E-state index in [1.165, 1.54) is 21.2 Å². The largest absolute Gasteiger partial charge is 0.497 e. The number of methoxy groups -OCH3 is 1. The number of hydrogen-bond donors (Lipinski definition) is 1. The minimum absolute atomic E-state index is 0.339. The molecule has 2 aliphatic heterocycles. The maximum atomic E-state index is 10.8. The van der Waals surface area contributed by atoms with Crippen LogP contribution in [0.1, 0.15) is 24.5 Å². The Hall–Kier alpha value is -2.47. The zero-order chi connectivity index (χ0) is 21.9. The second-order valence-electron chi connectivity index (χ2n) is 8.59. The first kappa shape index (κ1) is 21.4. The number of rotatable bonds is 6.